The Morgan fingerprint density at radius 2 is 1.73 bits per heavy atom. The molecular formula is C8H7ClN6. The number of hydrogen-bond acceptors (Lipinski definition) is 6. The number of nitrogen functional groups attached to an aromatic ring is 2. The molecular weight excluding hydrogens is 216 g/mol. The van der Waals surface area contributed by atoms with Crippen LogP contribution in [0.25, 0.3) is 11.4 Å². The third-order valence-electron chi connectivity index (χ3n) is 1.68. The lowest BCUT2D eigenvalue weighted by molar-refractivity contribution is 1.08. The average molecular weight is 223 g/mol. The molecule has 0 aliphatic carbocycles. The van der Waals surface area contributed by atoms with Gasteiger partial charge in [0.25, 0.3) is 0 Å². The molecule has 0 aliphatic rings. The van der Waals surface area contributed by atoms with Gasteiger partial charge in [-0.15, -0.1) is 0 Å². The molecule has 7 heteroatoms. The molecule has 0 atom stereocenters. The highest BCUT2D eigenvalue weighted by molar-refractivity contribution is 6.33. The van der Waals surface area contributed by atoms with Crippen molar-refractivity contribution in [1.82, 2.24) is 19.9 Å². The molecule has 2 heterocycles. The second-order valence-electron chi connectivity index (χ2n) is 2.73. The van der Waals surface area contributed by atoms with Gasteiger partial charge < -0.3 is 11.5 Å². The lowest BCUT2D eigenvalue weighted by Gasteiger charge is -2.02. The van der Waals surface area contributed by atoms with E-state index in [0.29, 0.717) is 16.4 Å². The number of halogens is 1. The summed E-state index contributed by atoms with van der Waals surface area (Å²) in [7, 11) is 0. The molecule has 15 heavy (non-hydrogen) atoms. The lowest BCUT2D eigenvalue weighted by atomic mass is 10.2. The Balaban J connectivity index is 2.59. The highest BCUT2D eigenvalue weighted by atomic mass is 35.5. The first-order valence-corrected chi connectivity index (χ1v) is 4.41. The molecule has 0 spiro atoms. The summed E-state index contributed by atoms with van der Waals surface area (Å²) in [5.41, 5.74) is 11.5. The molecule has 2 aromatic rings. The number of nitrogens with zero attached hydrogens (tertiary/aromatic N) is 4. The van der Waals surface area contributed by atoms with Crippen molar-refractivity contribution >= 4 is 23.5 Å². The van der Waals surface area contributed by atoms with Crippen molar-refractivity contribution in [3.05, 3.63) is 23.5 Å². The Labute approximate surface area is 90.4 Å². The summed E-state index contributed by atoms with van der Waals surface area (Å²) >= 11 is 5.92. The van der Waals surface area contributed by atoms with Gasteiger partial charge in [-0.05, 0) is 6.07 Å². The van der Waals surface area contributed by atoms with Crippen LogP contribution in [-0.2, 0) is 0 Å². The van der Waals surface area contributed by atoms with Crippen molar-refractivity contribution in [2.24, 2.45) is 0 Å². The summed E-state index contributed by atoms with van der Waals surface area (Å²) in [5.74, 6) is 0.461. The fourth-order valence-electron chi connectivity index (χ4n) is 1.09. The van der Waals surface area contributed by atoms with Crippen LogP contribution in [0.2, 0.25) is 5.02 Å². The second-order valence-corrected chi connectivity index (χ2v) is 3.14. The maximum absolute atomic E-state index is 5.92. The fraction of sp³-hybridized carbons (Fsp3) is 0. The van der Waals surface area contributed by atoms with Gasteiger partial charge in [-0.3, -0.25) is 4.98 Å². The number of aromatic nitrogens is 4. The summed E-state index contributed by atoms with van der Waals surface area (Å²) in [6.07, 6.45) is 3.07. The van der Waals surface area contributed by atoms with Crippen LogP contribution in [0.5, 0.6) is 0 Å². The Bertz CT molecular complexity index is 480. The molecule has 76 valence electrons. The Kier molecular flexibility index (Phi) is 2.34. The molecule has 4 N–H and O–H groups in total. The number of hydrogen-bond donors (Lipinski definition) is 2. The van der Waals surface area contributed by atoms with Gasteiger partial charge in [-0.1, -0.05) is 11.6 Å². The van der Waals surface area contributed by atoms with E-state index < -0.39 is 0 Å². The van der Waals surface area contributed by atoms with Crippen LogP contribution in [0.3, 0.4) is 0 Å². The summed E-state index contributed by atoms with van der Waals surface area (Å²) in [5, 5.41) is 0.433. The number of rotatable bonds is 1. The van der Waals surface area contributed by atoms with E-state index in [9.17, 15) is 0 Å². The minimum atomic E-state index is 0.0605. The van der Waals surface area contributed by atoms with Gasteiger partial charge in [0, 0.05) is 18.0 Å². The van der Waals surface area contributed by atoms with Crippen molar-refractivity contribution in [2.75, 3.05) is 11.5 Å². The second kappa shape index (κ2) is 3.66. The van der Waals surface area contributed by atoms with Gasteiger partial charge in [0.15, 0.2) is 5.82 Å². The van der Waals surface area contributed by atoms with Gasteiger partial charge in [-0.2, -0.15) is 15.0 Å². The number of nitrogens with two attached hydrogens (primary N) is 2. The standard InChI is InChI=1S/C8H7ClN6/c9-5-3-12-2-1-4(5)6-13-7(10)15-8(11)14-6/h1-3H,(H4,10,11,13,14,15). The summed E-state index contributed by atoms with van der Waals surface area (Å²) in [6, 6.07) is 1.68. The molecule has 0 fully saturated rings. The maximum Gasteiger partial charge on any atom is 0.225 e. The maximum atomic E-state index is 5.92. The van der Waals surface area contributed by atoms with Crippen molar-refractivity contribution in [3.63, 3.8) is 0 Å². The van der Waals surface area contributed by atoms with E-state index in [0.717, 1.165) is 0 Å². The van der Waals surface area contributed by atoms with Gasteiger partial charge in [0.1, 0.15) is 0 Å². The predicted octanol–water partition coefficient (Wildman–Crippen LogP) is 0.751. The molecule has 0 aromatic carbocycles. The van der Waals surface area contributed by atoms with E-state index in [2.05, 4.69) is 19.9 Å². The molecule has 0 unspecified atom stereocenters. The van der Waals surface area contributed by atoms with Crippen LogP contribution in [0.4, 0.5) is 11.9 Å². The van der Waals surface area contributed by atoms with Crippen molar-refractivity contribution in [1.29, 1.82) is 0 Å². The van der Waals surface area contributed by atoms with E-state index >= 15 is 0 Å². The van der Waals surface area contributed by atoms with Crippen LogP contribution in [0.15, 0.2) is 18.5 Å². The first-order valence-electron chi connectivity index (χ1n) is 4.04. The van der Waals surface area contributed by atoms with Gasteiger partial charge >= 0.3 is 0 Å². The Morgan fingerprint density at radius 1 is 1.07 bits per heavy atom. The number of pyridine rings is 1. The van der Waals surface area contributed by atoms with E-state index in [1.165, 1.54) is 6.20 Å². The van der Waals surface area contributed by atoms with Crippen molar-refractivity contribution in [2.45, 2.75) is 0 Å². The highest BCUT2D eigenvalue weighted by Crippen LogP contribution is 2.23. The fourth-order valence-corrected chi connectivity index (χ4v) is 1.29. The molecule has 0 radical (unpaired) electrons. The monoisotopic (exact) mass is 222 g/mol. The zero-order valence-electron chi connectivity index (χ0n) is 7.55. The van der Waals surface area contributed by atoms with Crippen LogP contribution in [0, 0.1) is 0 Å². The van der Waals surface area contributed by atoms with E-state index in [-0.39, 0.29) is 11.9 Å². The third-order valence-corrected chi connectivity index (χ3v) is 1.98. The minimum absolute atomic E-state index is 0.0605. The van der Waals surface area contributed by atoms with Crippen LogP contribution in [0.1, 0.15) is 0 Å². The van der Waals surface area contributed by atoms with Crippen molar-refractivity contribution < 1.29 is 0 Å². The summed E-state index contributed by atoms with van der Waals surface area (Å²) < 4.78 is 0. The van der Waals surface area contributed by atoms with Gasteiger partial charge in [0.05, 0.1) is 5.02 Å². The Morgan fingerprint density at radius 3 is 2.33 bits per heavy atom. The SMILES string of the molecule is Nc1nc(N)nc(-c2ccncc2Cl)n1. The smallest absolute Gasteiger partial charge is 0.225 e. The van der Waals surface area contributed by atoms with E-state index in [1.807, 2.05) is 0 Å². The molecule has 0 aliphatic heterocycles. The van der Waals surface area contributed by atoms with Crippen LogP contribution < -0.4 is 11.5 Å². The van der Waals surface area contributed by atoms with Gasteiger partial charge in [-0.25, -0.2) is 0 Å². The first-order chi connectivity index (χ1) is 7.16. The third kappa shape index (κ3) is 1.94. The predicted molar refractivity (Wildman–Crippen MR) is 56.9 cm³/mol. The average Bonchev–Trinajstić information content (AvgIpc) is 2.16. The zero-order valence-corrected chi connectivity index (χ0v) is 8.31. The quantitative estimate of drug-likeness (QED) is 0.738. The largest absolute Gasteiger partial charge is 0.368 e. The molecule has 0 bridgehead atoms. The Hall–Kier alpha value is -1.95. The summed E-state index contributed by atoms with van der Waals surface area (Å²) in [4.78, 5) is 15.4. The van der Waals surface area contributed by atoms with E-state index in [1.54, 1.807) is 12.3 Å². The summed E-state index contributed by atoms with van der Waals surface area (Å²) in [6.45, 7) is 0. The molecule has 2 aromatic heterocycles. The molecule has 0 amide bonds. The molecule has 2 rings (SSSR count). The molecule has 0 saturated heterocycles. The minimum Gasteiger partial charge on any atom is -0.368 e. The molecule has 0 saturated carbocycles. The van der Waals surface area contributed by atoms with Crippen LogP contribution in [-0.4, -0.2) is 19.9 Å². The zero-order chi connectivity index (χ0) is 10.8. The molecule has 6 nitrogen and oxygen atoms in total. The van der Waals surface area contributed by atoms with Crippen molar-refractivity contribution in [3.8, 4) is 11.4 Å². The first kappa shape index (κ1) is 9.60. The van der Waals surface area contributed by atoms with E-state index in [4.69, 9.17) is 23.1 Å². The lowest BCUT2D eigenvalue weighted by Crippen LogP contribution is -2.04. The topological polar surface area (TPSA) is 104 Å². The normalized spacial score (nSPS) is 10.2. The van der Waals surface area contributed by atoms with Crippen LogP contribution >= 0.6 is 11.6 Å². The number of anilines is 2. The highest BCUT2D eigenvalue weighted by Gasteiger charge is 2.08. The van der Waals surface area contributed by atoms with Gasteiger partial charge in [0.2, 0.25) is 11.9 Å².